The van der Waals surface area contributed by atoms with Crippen molar-refractivity contribution in [3.8, 4) is 0 Å². The van der Waals surface area contributed by atoms with E-state index in [0.29, 0.717) is 6.42 Å². The third kappa shape index (κ3) is 3.79. The fraction of sp³-hybridized carbons (Fsp3) is 0.300. The van der Waals surface area contributed by atoms with Crippen LogP contribution in [0.25, 0.3) is 0 Å². The molecule has 0 fully saturated rings. The highest BCUT2D eigenvalue weighted by molar-refractivity contribution is 6.56. The average molecular weight is 216 g/mol. The van der Waals surface area contributed by atoms with E-state index >= 15 is 0 Å². The van der Waals surface area contributed by atoms with Crippen molar-refractivity contribution in [3.63, 3.8) is 0 Å². The van der Waals surface area contributed by atoms with Gasteiger partial charge >= 0.3 is 0 Å². The second-order valence-electron chi connectivity index (χ2n) is 2.81. The molecule has 0 radical (unpaired) electrons. The maximum Gasteiger partial charge on any atom is 0.156 e. The smallest absolute Gasteiger partial charge is 0.156 e. The lowest BCUT2D eigenvalue weighted by Crippen LogP contribution is -2.18. The van der Waals surface area contributed by atoms with E-state index in [0.717, 1.165) is 5.56 Å². The van der Waals surface area contributed by atoms with Gasteiger partial charge in [0, 0.05) is 19.7 Å². The zero-order valence-electron chi connectivity index (χ0n) is 7.37. The number of halogens is 2. The van der Waals surface area contributed by atoms with Crippen molar-refractivity contribution in [1.82, 2.24) is 0 Å². The van der Waals surface area contributed by atoms with Crippen LogP contribution in [-0.4, -0.2) is 17.6 Å². The Labute approximate surface area is 88.4 Å². The molecular formula is C10H11Cl2N. The van der Waals surface area contributed by atoms with Gasteiger partial charge in [-0.1, -0.05) is 53.5 Å². The van der Waals surface area contributed by atoms with Crippen molar-refractivity contribution in [2.75, 3.05) is 7.05 Å². The first kappa shape index (κ1) is 10.6. The van der Waals surface area contributed by atoms with Crippen molar-refractivity contribution in [2.45, 2.75) is 10.8 Å². The molecule has 0 N–H and O–H groups in total. The van der Waals surface area contributed by atoms with Crippen molar-refractivity contribution < 1.29 is 0 Å². The molecule has 0 aliphatic heterocycles. The van der Waals surface area contributed by atoms with Crippen molar-refractivity contribution in [1.29, 1.82) is 0 Å². The molecule has 0 amide bonds. The minimum Gasteiger partial charge on any atom is -0.298 e. The lowest BCUT2D eigenvalue weighted by atomic mass is 10.1. The van der Waals surface area contributed by atoms with Gasteiger partial charge in [-0.3, -0.25) is 4.99 Å². The summed E-state index contributed by atoms with van der Waals surface area (Å²) in [4.78, 5) is 3.81. The van der Waals surface area contributed by atoms with E-state index in [4.69, 9.17) is 23.2 Å². The summed E-state index contributed by atoms with van der Waals surface area (Å²) in [5.41, 5.74) is 1.10. The minimum atomic E-state index is -0.893. The highest BCUT2D eigenvalue weighted by Gasteiger charge is 2.20. The maximum absolute atomic E-state index is 5.99. The largest absolute Gasteiger partial charge is 0.298 e. The fourth-order valence-electron chi connectivity index (χ4n) is 1.10. The fourth-order valence-corrected chi connectivity index (χ4v) is 1.61. The number of hydrogen-bond donors (Lipinski definition) is 0. The third-order valence-electron chi connectivity index (χ3n) is 1.60. The first-order chi connectivity index (χ1) is 6.14. The van der Waals surface area contributed by atoms with Crippen LogP contribution in [0.1, 0.15) is 5.56 Å². The number of hydrogen-bond acceptors (Lipinski definition) is 1. The van der Waals surface area contributed by atoms with Gasteiger partial charge in [0.15, 0.2) is 4.33 Å². The molecule has 13 heavy (non-hydrogen) atoms. The molecule has 0 atom stereocenters. The lowest BCUT2D eigenvalue weighted by Gasteiger charge is -2.13. The van der Waals surface area contributed by atoms with Crippen molar-refractivity contribution in [2.24, 2.45) is 4.99 Å². The Kier molecular flexibility index (Phi) is 3.76. The van der Waals surface area contributed by atoms with Gasteiger partial charge in [0.1, 0.15) is 0 Å². The summed E-state index contributed by atoms with van der Waals surface area (Å²) in [5, 5.41) is 0. The molecule has 1 aromatic rings. The van der Waals surface area contributed by atoms with Crippen LogP contribution in [-0.2, 0) is 6.42 Å². The van der Waals surface area contributed by atoms with Crippen LogP contribution in [0.4, 0.5) is 0 Å². The molecule has 0 aromatic heterocycles. The zero-order valence-corrected chi connectivity index (χ0v) is 8.89. The first-order valence-corrected chi connectivity index (χ1v) is 4.75. The highest BCUT2D eigenvalue weighted by atomic mass is 35.5. The Morgan fingerprint density at radius 2 is 1.92 bits per heavy atom. The summed E-state index contributed by atoms with van der Waals surface area (Å²) in [5.74, 6) is 0. The Morgan fingerprint density at radius 3 is 2.46 bits per heavy atom. The molecule has 1 rings (SSSR count). The van der Waals surface area contributed by atoms with Gasteiger partial charge < -0.3 is 0 Å². The molecule has 0 unspecified atom stereocenters. The minimum absolute atomic E-state index is 0.578. The van der Waals surface area contributed by atoms with Crippen LogP contribution in [0.15, 0.2) is 35.3 Å². The van der Waals surface area contributed by atoms with E-state index in [9.17, 15) is 0 Å². The summed E-state index contributed by atoms with van der Waals surface area (Å²) >= 11 is 12.0. The molecule has 0 aliphatic carbocycles. The number of alkyl halides is 2. The first-order valence-electron chi connectivity index (χ1n) is 3.99. The molecule has 0 bridgehead atoms. The van der Waals surface area contributed by atoms with E-state index in [1.54, 1.807) is 13.3 Å². The normalized spacial score (nSPS) is 12.2. The molecule has 0 aliphatic rings. The Morgan fingerprint density at radius 1 is 1.31 bits per heavy atom. The van der Waals surface area contributed by atoms with Crippen LogP contribution in [0.2, 0.25) is 0 Å². The van der Waals surface area contributed by atoms with Gasteiger partial charge in [0.25, 0.3) is 0 Å². The summed E-state index contributed by atoms with van der Waals surface area (Å²) in [6.45, 7) is 0. The zero-order chi connectivity index (χ0) is 9.73. The maximum atomic E-state index is 5.99. The Hall–Kier alpha value is -0.530. The second kappa shape index (κ2) is 4.64. The van der Waals surface area contributed by atoms with E-state index in [2.05, 4.69) is 4.99 Å². The standard InChI is InChI=1S/C10H11Cl2N/c1-13-8-10(11,12)7-9-5-3-2-4-6-9/h2-6,8H,7H2,1H3. The molecular weight excluding hydrogens is 205 g/mol. The van der Waals surface area contributed by atoms with Crippen LogP contribution in [0, 0.1) is 0 Å². The molecule has 1 aromatic carbocycles. The topological polar surface area (TPSA) is 12.4 Å². The number of benzene rings is 1. The highest BCUT2D eigenvalue weighted by Crippen LogP contribution is 2.23. The van der Waals surface area contributed by atoms with Crippen LogP contribution in [0.5, 0.6) is 0 Å². The summed E-state index contributed by atoms with van der Waals surface area (Å²) < 4.78 is -0.893. The number of nitrogens with zero attached hydrogens (tertiary/aromatic N) is 1. The van der Waals surface area contributed by atoms with Gasteiger partial charge in [0.05, 0.1) is 0 Å². The monoisotopic (exact) mass is 215 g/mol. The molecule has 0 spiro atoms. The molecule has 70 valence electrons. The summed E-state index contributed by atoms with van der Waals surface area (Å²) in [7, 11) is 1.66. The van der Waals surface area contributed by atoms with Gasteiger partial charge in [-0.25, -0.2) is 0 Å². The van der Waals surface area contributed by atoms with Crippen molar-refractivity contribution >= 4 is 29.4 Å². The van der Waals surface area contributed by atoms with E-state index in [1.807, 2.05) is 30.3 Å². The second-order valence-corrected chi connectivity index (χ2v) is 4.35. The van der Waals surface area contributed by atoms with E-state index < -0.39 is 4.33 Å². The predicted molar refractivity (Wildman–Crippen MR) is 59.0 cm³/mol. The van der Waals surface area contributed by atoms with Gasteiger partial charge in [-0.15, -0.1) is 0 Å². The third-order valence-corrected chi connectivity index (χ3v) is 2.06. The molecule has 0 saturated carbocycles. The summed E-state index contributed by atoms with van der Waals surface area (Å²) in [6.07, 6.45) is 2.12. The van der Waals surface area contributed by atoms with Gasteiger partial charge in [0.2, 0.25) is 0 Å². The molecule has 1 nitrogen and oxygen atoms in total. The summed E-state index contributed by atoms with van der Waals surface area (Å²) in [6, 6.07) is 9.86. The SMILES string of the molecule is CN=CC(Cl)(Cl)Cc1ccccc1. The Balaban J connectivity index is 2.69. The number of rotatable bonds is 3. The Bertz CT molecular complexity index is 280. The lowest BCUT2D eigenvalue weighted by molar-refractivity contribution is 0.989. The van der Waals surface area contributed by atoms with Crippen LogP contribution >= 0.6 is 23.2 Å². The van der Waals surface area contributed by atoms with E-state index in [-0.39, 0.29) is 0 Å². The van der Waals surface area contributed by atoms with E-state index in [1.165, 1.54) is 0 Å². The predicted octanol–water partition coefficient (Wildman–Crippen LogP) is 3.10. The molecule has 3 heteroatoms. The molecule has 0 heterocycles. The number of aliphatic imine (C=N–C) groups is 1. The molecule has 0 saturated heterocycles. The van der Waals surface area contributed by atoms with Crippen LogP contribution in [0.3, 0.4) is 0 Å². The van der Waals surface area contributed by atoms with Gasteiger partial charge in [-0.2, -0.15) is 0 Å². The average Bonchev–Trinajstić information content (AvgIpc) is 2.04. The van der Waals surface area contributed by atoms with Crippen LogP contribution < -0.4 is 0 Å². The quantitative estimate of drug-likeness (QED) is 0.543. The van der Waals surface area contributed by atoms with Gasteiger partial charge in [-0.05, 0) is 5.56 Å². The van der Waals surface area contributed by atoms with Crippen molar-refractivity contribution in [3.05, 3.63) is 35.9 Å².